The van der Waals surface area contributed by atoms with Crippen LogP contribution in [0.2, 0.25) is 5.02 Å². The highest BCUT2D eigenvalue weighted by molar-refractivity contribution is 7.92. The summed E-state index contributed by atoms with van der Waals surface area (Å²) in [5.74, 6) is -3.64. The molecule has 0 aliphatic carbocycles. The first-order chi connectivity index (χ1) is 15.5. The molecule has 0 bridgehead atoms. The molecule has 0 aliphatic rings. The minimum atomic E-state index is -3.83. The highest BCUT2D eigenvalue weighted by Gasteiger charge is 2.16. The smallest absolute Gasteiger partial charge is 0.229 e. The normalized spacial score (nSPS) is 11.2. The van der Waals surface area contributed by atoms with Gasteiger partial charge >= 0.3 is 0 Å². The number of ketones is 1. The zero-order valence-corrected chi connectivity index (χ0v) is 18.8. The lowest BCUT2D eigenvalue weighted by Gasteiger charge is -2.15. The van der Waals surface area contributed by atoms with E-state index in [2.05, 4.69) is 25.3 Å². The summed E-state index contributed by atoms with van der Waals surface area (Å²) < 4.78 is 66.9. The Morgan fingerprint density at radius 2 is 1.67 bits per heavy atom. The second-order valence-corrected chi connectivity index (χ2v) is 8.95. The number of benzene rings is 2. The maximum Gasteiger partial charge on any atom is 0.229 e. The van der Waals surface area contributed by atoms with Crippen molar-refractivity contribution in [1.82, 2.24) is 9.97 Å². The number of anilines is 5. The van der Waals surface area contributed by atoms with Gasteiger partial charge in [-0.05, 0) is 18.2 Å². The first-order valence-corrected chi connectivity index (χ1v) is 11.6. The summed E-state index contributed by atoms with van der Waals surface area (Å²) in [4.78, 5) is 19.9. The second-order valence-electron chi connectivity index (χ2n) is 6.80. The molecule has 0 aliphatic heterocycles. The fourth-order valence-corrected chi connectivity index (χ4v) is 3.40. The molecule has 1 aromatic heterocycles. The lowest BCUT2D eigenvalue weighted by molar-refractivity contribution is 0.0988. The molecule has 0 fully saturated rings. The third-order valence-corrected chi connectivity index (χ3v) is 5.08. The van der Waals surface area contributed by atoms with E-state index in [0.717, 1.165) is 18.5 Å². The molecule has 0 saturated heterocycles. The first kappa shape index (κ1) is 24.3. The average molecular weight is 500 g/mol. The average Bonchev–Trinajstić information content (AvgIpc) is 2.74. The number of carbonyl (C=O) groups excluding carboxylic acids is 1. The molecule has 0 radical (unpaired) electrons. The number of rotatable bonds is 8. The molecule has 3 aromatic rings. The molecule has 13 heteroatoms. The van der Waals surface area contributed by atoms with Gasteiger partial charge in [0.25, 0.3) is 0 Å². The predicted molar refractivity (Wildman–Crippen MR) is 119 cm³/mol. The van der Waals surface area contributed by atoms with Crippen molar-refractivity contribution in [3.8, 4) is 0 Å². The van der Waals surface area contributed by atoms with E-state index >= 15 is 0 Å². The molecular formula is C20H17ClF3N5O3S. The van der Waals surface area contributed by atoms with Crippen LogP contribution in [0.25, 0.3) is 0 Å². The van der Waals surface area contributed by atoms with Crippen LogP contribution in [0.1, 0.15) is 23.7 Å². The highest BCUT2D eigenvalue weighted by Crippen LogP contribution is 2.32. The van der Waals surface area contributed by atoms with E-state index in [4.69, 9.17) is 11.6 Å². The molecule has 3 N–H and O–H groups in total. The lowest BCUT2D eigenvalue weighted by Crippen LogP contribution is -2.12. The Kier molecular flexibility index (Phi) is 7.08. The Hall–Kier alpha value is -3.38. The quantitative estimate of drug-likeness (QED) is 0.374. The number of nitrogens with one attached hydrogen (secondary N) is 3. The number of aromatic nitrogens is 2. The highest BCUT2D eigenvalue weighted by atomic mass is 35.5. The molecule has 0 unspecified atom stereocenters. The summed E-state index contributed by atoms with van der Waals surface area (Å²) in [7, 11) is -3.83. The minimum Gasteiger partial charge on any atom is -0.337 e. The fourth-order valence-electron chi connectivity index (χ4n) is 2.70. The Balaban J connectivity index is 1.96. The van der Waals surface area contributed by atoms with Crippen LogP contribution in [-0.4, -0.2) is 30.4 Å². The van der Waals surface area contributed by atoms with Crippen LogP contribution in [0.3, 0.4) is 0 Å². The van der Waals surface area contributed by atoms with Gasteiger partial charge in [0.15, 0.2) is 23.2 Å². The van der Waals surface area contributed by atoms with Crippen molar-refractivity contribution in [3.63, 3.8) is 0 Å². The number of hydrogen-bond acceptors (Lipinski definition) is 7. The number of nitrogens with zero attached hydrogens (tertiary/aromatic N) is 2. The van der Waals surface area contributed by atoms with Gasteiger partial charge in [-0.15, -0.1) is 0 Å². The Morgan fingerprint density at radius 1 is 1.00 bits per heavy atom. The van der Waals surface area contributed by atoms with Crippen molar-refractivity contribution in [2.75, 3.05) is 21.6 Å². The van der Waals surface area contributed by atoms with Crippen LogP contribution < -0.4 is 15.4 Å². The largest absolute Gasteiger partial charge is 0.337 e. The van der Waals surface area contributed by atoms with Crippen molar-refractivity contribution in [2.24, 2.45) is 0 Å². The van der Waals surface area contributed by atoms with Crippen LogP contribution in [0, 0.1) is 17.5 Å². The van der Waals surface area contributed by atoms with Crippen molar-refractivity contribution in [1.29, 1.82) is 0 Å². The SMILES string of the molecule is CCC(=O)c1ccc(F)c(Nc2ncc(Cl)c(Nc3cc(F)c(F)cc3NS(C)(=O)=O)n2)c1. The van der Waals surface area contributed by atoms with E-state index < -0.39 is 27.5 Å². The van der Waals surface area contributed by atoms with Gasteiger partial charge in [-0.1, -0.05) is 18.5 Å². The summed E-state index contributed by atoms with van der Waals surface area (Å²) in [6.45, 7) is 1.67. The van der Waals surface area contributed by atoms with Crippen LogP contribution in [0.4, 0.5) is 42.0 Å². The van der Waals surface area contributed by atoms with E-state index in [1.54, 1.807) is 6.92 Å². The second kappa shape index (κ2) is 9.63. The van der Waals surface area contributed by atoms with Gasteiger partial charge < -0.3 is 10.6 Å². The van der Waals surface area contributed by atoms with Gasteiger partial charge in [0, 0.05) is 24.1 Å². The molecule has 0 atom stereocenters. The maximum absolute atomic E-state index is 14.2. The number of carbonyl (C=O) groups is 1. The van der Waals surface area contributed by atoms with Gasteiger partial charge in [0.2, 0.25) is 16.0 Å². The molecule has 2 aromatic carbocycles. The predicted octanol–water partition coefficient (Wildman–Crippen LogP) is 5.00. The number of sulfonamides is 1. The number of Topliss-reactive ketones (excluding diaryl/α,β-unsaturated/α-hetero) is 1. The van der Waals surface area contributed by atoms with Crippen molar-refractivity contribution >= 4 is 56.2 Å². The van der Waals surface area contributed by atoms with Crippen LogP contribution in [0.15, 0.2) is 36.5 Å². The zero-order chi connectivity index (χ0) is 24.3. The summed E-state index contributed by atoms with van der Waals surface area (Å²) >= 11 is 6.08. The standard InChI is InChI=1S/C20H17ClF3N5O3S/c1-3-18(30)10-4-5-12(22)15(6-10)27-20-25-9-11(21)19(28-20)26-16-7-13(23)14(24)8-17(16)29-33(2,31)32/h4-9,29H,3H2,1-2H3,(H2,25,26,27,28). The lowest BCUT2D eigenvalue weighted by atomic mass is 10.1. The number of halogens is 4. The number of hydrogen-bond donors (Lipinski definition) is 3. The molecule has 33 heavy (non-hydrogen) atoms. The molecule has 3 rings (SSSR count). The molecule has 0 spiro atoms. The van der Waals surface area contributed by atoms with Crippen LogP contribution in [0.5, 0.6) is 0 Å². The first-order valence-electron chi connectivity index (χ1n) is 9.33. The molecular weight excluding hydrogens is 483 g/mol. The van der Waals surface area contributed by atoms with Crippen LogP contribution in [-0.2, 0) is 10.0 Å². The fraction of sp³-hybridized carbons (Fsp3) is 0.150. The van der Waals surface area contributed by atoms with Gasteiger partial charge in [-0.3, -0.25) is 9.52 Å². The van der Waals surface area contributed by atoms with Crippen molar-refractivity contribution in [3.05, 3.63) is 64.6 Å². The van der Waals surface area contributed by atoms with Crippen LogP contribution >= 0.6 is 11.6 Å². The third-order valence-electron chi connectivity index (χ3n) is 4.21. The van der Waals surface area contributed by atoms with E-state index in [-0.39, 0.29) is 51.6 Å². The maximum atomic E-state index is 14.2. The molecule has 0 amide bonds. The van der Waals surface area contributed by atoms with E-state index in [1.807, 2.05) is 0 Å². The van der Waals surface area contributed by atoms with Gasteiger partial charge in [0.05, 0.1) is 29.5 Å². The zero-order valence-electron chi connectivity index (χ0n) is 17.2. The summed E-state index contributed by atoms with van der Waals surface area (Å²) in [5, 5.41) is 5.18. The molecule has 0 saturated carbocycles. The van der Waals surface area contributed by atoms with Gasteiger partial charge in [-0.25, -0.2) is 26.6 Å². The topological polar surface area (TPSA) is 113 Å². The Labute approximate surface area is 192 Å². The van der Waals surface area contributed by atoms with Crippen molar-refractivity contribution < 1.29 is 26.4 Å². The summed E-state index contributed by atoms with van der Waals surface area (Å²) in [6.07, 6.45) is 2.22. The molecule has 174 valence electrons. The van der Waals surface area contributed by atoms with E-state index in [1.165, 1.54) is 12.1 Å². The third kappa shape index (κ3) is 6.11. The van der Waals surface area contributed by atoms with E-state index in [9.17, 15) is 26.4 Å². The summed E-state index contributed by atoms with van der Waals surface area (Å²) in [6, 6.07) is 5.13. The summed E-state index contributed by atoms with van der Waals surface area (Å²) in [5.41, 5.74) is -0.271. The Morgan fingerprint density at radius 3 is 2.30 bits per heavy atom. The van der Waals surface area contributed by atoms with Crippen molar-refractivity contribution in [2.45, 2.75) is 13.3 Å². The van der Waals surface area contributed by atoms with Gasteiger partial charge in [0.1, 0.15) is 10.8 Å². The van der Waals surface area contributed by atoms with E-state index in [0.29, 0.717) is 12.1 Å². The Bertz CT molecular complexity index is 1340. The molecule has 8 nitrogen and oxygen atoms in total. The molecule has 1 heterocycles. The monoisotopic (exact) mass is 499 g/mol. The minimum absolute atomic E-state index is 0.0500. The van der Waals surface area contributed by atoms with Gasteiger partial charge in [-0.2, -0.15) is 4.98 Å².